The van der Waals surface area contributed by atoms with Gasteiger partial charge in [-0.05, 0) is 66.3 Å². The smallest absolute Gasteiger partial charge is 0.410 e. The predicted molar refractivity (Wildman–Crippen MR) is 148 cm³/mol. The van der Waals surface area contributed by atoms with Gasteiger partial charge in [0.1, 0.15) is 29.5 Å². The Morgan fingerprint density at radius 1 is 1.05 bits per heavy atom. The minimum Gasteiger partial charge on any atom is -0.445 e. The number of amides is 1. The molecule has 0 bridgehead atoms. The molecule has 3 heterocycles. The number of carbonyl (C=O) groups is 2. The maximum absolute atomic E-state index is 13.6. The van der Waals surface area contributed by atoms with Crippen molar-refractivity contribution in [1.82, 2.24) is 19.2 Å². The van der Waals surface area contributed by atoms with E-state index in [0.717, 1.165) is 24.0 Å². The van der Waals surface area contributed by atoms with E-state index in [1.807, 2.05) is 62.8 Å². The molecule has 1 aliphatic rings. The lowest BCUT2D eigenvalue weighted by Gasteiger charge is -2.31. The highest BCUT2D eigenvalue weighted by atomic mass is 19.1. The van der Waals surface area contributed by atoms with Crippen LogP contribution in [-0.2, 0) is 11.3 Å². The first-order valence-corrected chi connectivity index (χ1v) is 13.0. The molecule has 0 atom stereocenters. The minimum atomic E-state index is -0.347. The van der Waals surface area contributed by atoms with Crippen LogP contribution in [-0.4, -0.2) is 58.2 Å². The summed E-state index contributed by atoms with van der Waals surface area (Å²) in [6.45, 7) is 1.48. The standard InChI is InChI=1S/C31H31FN4O3/c1-34(2)16-15-27(37)30-29(24-8-10-26(32)11-9-24)33-28-20-25(14-19-36(28)30)23-12-17-35(18-13-23)31(38)39-21-22-6-4-3-5-7-22/h3-11,14-16,19-20,23H,12-13,17-18,21H2,1-2H3. The zero-order valence-corrected chi connectivity index (χ0v) is 22.1. The van der Waals surface area contributed by atoms with Gasteiger partial charge in [-0.2, -0.15) is 0 Å². The zero-order valence-electron chi connectivity index (χ0n) is 22.1. The van der Waals surface area contributed by atoms with Crippen molar-refractivity contribution in [3.63, 3.8) is 0 Å². The number of pyridine rings is 1. The number of imidazole rings is 1. The maximum Gasteiger partial charge on any atom is 0.410 e. The van der Waals surface area contributed by atoms with Crippen molar-refractivity contribution in [3.8, 4) is 11.3 Å². The van der Waals surface area contributed by atoms with Gasteiger partial charge >= 0.3 is 6.09 Å². The van der Waals surface area contributed by atoms with E-state index in [0.29, 0.717) is 35.7 Å². The van der Waals surface area contributed by atoms with Gasteiger partial charge in [0, 0.05) is 51.2 Å². The van der Waals surface area contributed by atoms with Gasteiger partial charge in [0.05, 0.1) is 0 Å². The van der Waals surface area contributed by atoms with Crippen LogP contribution in [0.25, 0.3) is 16.9 Å². The third-order valence-electron chi connectivity index (χ3n) is 6.96. The summed E-state index contributed by atoms with van der Waals surface area (Å²) in [5.41, 5.74) is 4.33. The molecule has 0 radical (unpaired) electrons. The van der Waals surface area contributed by atoms with Crippen LogP contribution in [0.1, 0.15) is 40.4 Å². The number of ketones is 1. The number of hydrogen-bond acceptors (Lipinski definition) is 5. The average molecular weight is 527 g/mol. The molecule has 1 aliphatic heterocycles. The molecule has 2 aromatic heterocycles. The molecule has 0 N–H and O–H groups in total. The first-order chi connectivity index (χ1) is 18.9. The number of allylic oxidation sites excluding steroid dienone is 1. The summed E-state index contributed by atoms with van der Waals surface area (Å²) < 4.78 is 20.9. The molecule has 200 valence electrons. The van der Waals surface area contributed by atoms with E-state index >= 15 is 0 Å². The first-order valence-electron chi connectivity index (χ1n) is 13.0. The molecule has 7 nitrogen and oxygen atoms in total. The molecule has 39 heavy (non-hydrogen) atoms. The summed E-state index contributed by atoms with van der Waals surface area (Å²) >= 11 is 0. The van der Waals surface area contributed by atoms with E-state index in [-0.39, 0.29) is 30.2 Å². The van der Waals surface area contributed by atoms with E-state index < -0.39 is 0 Å². The molecule has 1 saturated heterocycles. The van der Waals surface area contributed by atoms with E-state index in [2.05, 4.69) is 0 Å². The number of fused-ring (bicyclic) bond motifs is 1. The Kier molecular flexibility index (Phi) is 7.72. The molecule has 0 spiro atoms. The Bertz CT molecular complexity index is 1490. The summed E-state index contributed by atoms with van der Waals surface area (Å²) in [5.74, 6) is -0.280. The van der Waals surface area contributed by atoms with Crippen molar-refractivity contribution in [2.75, 3.05) is 27.2 Å². The van der Waals surface area contributed by atoms with Gasteiger partial charge in [-0.3, -0.25) is 9.20 Å². The number of benzene rings is 2. The highest BCUT2D eigenvalue weighted by Gasteiger charge is 2.26. The third-order valence-corrected chi connectivity index (χ3v) is 6.96. The van der Waals surface area contributed by atoms with Crippen molar-refractivity contribution in [2.45, 2.75) is 25.4 Å². The molecule has 0 saturated carbocycles. The van der Waals surface area contributed by atoms with Crippen LogP contribution < -0.4 is 0 Å². The number of ether oxygens (including phenoxy) is 1. The topological polar surface area (TPSA) is 67.2 Å². The van der Waals surface area contributed by atoms with Crippen LogP contribution >= 0.6 is 0 Å². The van der Waals surface area contributed by atoms with Gasteiger partial charge in [0.25, 0.3) is 0 Å². The van der Waals surface area contributed by atoms with Gasteiger partial charge in [-0.25, -0.2) is 14.2 Å². The Labute approximate surface area is 227 Å². The largest absolute Gasteiger partial charge is 0.445 e. The second kappa shape index (κ2) is 11.5. The molecular formula is C31H31FN4O3. The zero-order chi connectivity index (χ0) is 27.4. The number of piperidine rings is 1. The lowest BCUT2D eigenvalue weighted by molar-refractivity contribution is 0.0870. The molecule has 1 amide bonds. The Morgan fingerprint density at radius 2 is 1.77 bits per heavy atom. The number of carbonyl (C=O) groups excluding carboxylic acids is 2. The number of likely N-dealkylation sites (tertiary alicyclic amines) is 1. The van der Waals surface area contributed by atoms with E-state index in [9.17, 15) is 14.0 Å². The van der Waals surface area contributed by atoms with Crippen LogP contribution in [0.2, 0.25) is 0 Å². The van der Waals surface area contributed by atoms with E-state index in [1.54, 1.807) is 32.5 Å². The fourth-order valence-electron chi connectivity index (χ4n) is 4.86. The number of rotatable bonds is 7. The number of nitrogens with zero attached hydrogens (tertiary/aromatic N) is 4. The van der Waals surface area contributed by atoms with Gasteiger partial charge in [-0.15, -0.1) is 0 Å². The monoisotopic (exact) mass is 526 g/mol. The molecule has 1 fully saturated rings. The van der Waals surface area contributed by atoms with Crippen molar-refractivity contribution in [1.29, 1.82) is 0 Å². The molecule has 5 rings (SSSR count). The van der Waals surface area contributed by atoms with E-state index in [1.165, 1.54) is 18.2 Å². The second-order valence-corrected chi connectivity index (χ2v) is 9.95. The molecule has 2 aromatic carbocycles. The van der Waals surface area contributed by atoms with Crippen LogP contribution in [0, 0.1) is 5.82 Å². The highest BCUT2D eigenvalue weighted by Crippen LogP contribution is 2.31. The Balaban J connectivity index is 1.34. The summed E-state index contributed by atoms with van der Waals surface area (Å²) in [5, 5.41) is 0. The SMILES string of the molecule is CN(C)C=CC(=O)c1c(-c2ccc(F)cc2)nc2cc(C3CCN(C(=O)OCc4ccccc4)CC3)ccn12. The van der Waals surface area contributed by atoms with Gasteiger partial charge in [0.2, 0.25) is 5.78 Å². The van der Waals surface area contributed by atoms with Crippen LogP contribution in [0.3, 0.4) is 0 Å². The molecule has 4 aromatic rings. The predicted octanol–water partition coefficient (Wildman–Crippen LogP) is 5.91. The lowest BCUT2D eigenvalue weighted by atomic mass is 9.90. The molecular weight excluding hydrogens is 495 g/mol. The third kappa shape index (κ3) is 6.00. The summed E-state index contributed by atoms with van der Waals surface area (Å²) in [4.78, 5) is 34.1. The number of hydrogen-bond donors (Lipinski definition) is 0. The minimum absolute atomic E-state index is 0.189. The maximum atomic E-state index is 13.6. The van der Waals surface area contributed by atoms with Gasteiger partial charge in [-0.1, -0.05) is 30.3 Å². The summed E-state index contributed by atoms with van der Waals surface area (Å²) in [6, 6.07) is 19.7. The fraction of sp³-hybridized carbons (Fsp3) is 0.258. The average Bonchev–Trinajstić information content (AvgIpc) is 3.34. The molecule has 0 aliphatic carbocycles. The number of halogens is 1. The highest BCUT2D eigenvalue weighted by molar-refractivity contribution is 6.08. The Morgan fingerprint density at radius 3 is 2.46 bits per heavy atom. The molecule has 0 unspecified atom stereocenters. The van der Waals surface area contributed by atoms with Crippen LogP contribution in [0.15, 0.2) is 85.2 Å². The number of aromatic nitrogens is 2. The summed E-state index contributed by atoms with van der Waals surface area (Å²) in [7, 11) is 3.69. The fourth-order valence-corrected chi connectivity index (χ4v) is 4.86. The second-order valence-electron chi connectivity index (χ2n) is 9.95. The normalized spacial score (nSPS) is 14.2. The van der Waals surface area contributed by atoms with Gasteiger partial charge < -0.3 is 14.5 Å². The first kappa shape index (κ1) is 26.2. The van der Waals surface area contributed by atoms with Crippen molar-refractivity contribution < 1.29 is 18.7 Å². The quantitative estimate of drug-likeness (QED) is 0.221. The van der Waals surface area contributed by atoms with Crippen LogP contribution in [0.4, 0.5) is 9.18 Å². The van der Waals surface area contributed by atoms with Crippen molar-refractivity contribution in [2.24, 2.45) is 0 Å². The van der Waals surface area contributed by atoms with Crippen molar-refractivity contribution >= 4 is 17.5 Å². The molecule has 8 heteroatoms. The van der Waals surface area contributed by atoms with E-state index in [4.69, 9.17) is 9.72 Å². The van der Waals surface area contributed by atoms with Gasteiger partial charge in [0.15, 0.2) is 0 Å². The lowest BCUT2D eigenvalue weighted by Crippen LogP contribution is -2.38. The van der Waals surface area contributed by atoms with Crippen LogP contribution in [0.5, 0.6) is 0 Å². The summed E-state index contributed by atoms with van der Waals surface area (Å²) in [6.07, 6.45) is 6.40. The Hall–Kier alpha value is -4.46. The van der Waals surface area contributed by atoms with Crippen molar-refractivity contribution in [3.05, 3.63) is 108 Å².